The number of nitrogens with zero attached hydrogens (tertiary/aromatic N) is 2. The third-order valence-electron chi connectivity index (χ3n) is 7.51. The van der Waals surface area contributed by atoms with Gasteiger partial charge in [-0.15, -0.1) is 4.57 Å². The Balaban J connectivity index is 0.00000386. The van der Waals surface area contributed by atoms with Gasteiger partial charge in [-0.3, -0.25) is 0 Å². The van der Waals surface area contributed by atoms with E-state index in [1.54, 1.807) is 89.5 Å². The Morgan fingerprint density at radius 2 is 1.21 bits per heavy atom. The molecule has 10 nitrogen and oxygen atoms in total. The minimum atomic E-state index is -5.38. The Hall–Kier alpha value is -4.40. The molecule has 7 aromatic rings. The summed E-state index contributed by atoms with van der Waals surface area (Å²) < 4.78 is 79.6. The minimum Gasteiger partial charge on any atom is -0.744 e. The first-order valence-corrected chi connectivity index (χ1v) is 16.8. The number of nitrogens with one attached hydrogen (secondary N) is 2. The molecular weight excluding hydrogens is 648 g/mol. The molecule has 13 heteroatoms. The number of aromatic nitrogens is 2. The van der Waals surface area contributed by atoms with Crippen molar-refractivity contribution in [3.8, 4) is 5.69 Å². The van der Waals surface area contributed by atoms with Crippen LogP contribution in [0.15, 0.2) is 137 Å². The van der Waals surface area contributed by atoms with Gasteiger partial charge in [-0.05, 0) is 42.5 Å². The van der Waals surface area contributed by atoms with Gasteiger partial charge < -0.3 is 19.7 Å². The van der Waals surface area contributed by atoms with E-state index in [-0.39, 0.29) is 57.1 Å². The van der Waals surface area contributed by atoms with Gasteiger partial charge in [-0.2, -0.15) is 0 Å². The number of hydrogen-bond donors (Lipinski definition) is 2. The molecular formula is C34H23N4NaO6S2. The Labute approximate surface area is 292 Å². The summed E-state index contributed by atoms with van der Waals surface area (Å²) in [6.07, 6.45) is 0. The second-order valence-electron chi connectivity index (χ2n) is 10.5. The zero-order valence-corrected chi connectivity index (χ0v) is 28.4. The van der Waals surface area contributed by atoms with Gasteiger partial charge in [0.05, 0.1) is 10.6 Å². The molecule has 0 fully saturated rings. The number of para-hydroxylation sites is 3. The molecule has 0 saturated carbocycles. The van der Waals surface area contributed by atoms with Crippen molar-refractivity contribution in [1.29, 1.82) is 0 Å². The molecule has 2 N–H and O–H groups in total. The molecule has 0 atom stereocenters. The Morgan fingerprint density at radius 3 is 1.81 bits per heavy atom. The monoisotopic (exact) mass is 670 g/mol. The van der Waals surface area contributed by atoms with Crippen LogP contribution in [0.4, 0.5) is 22.7 Å². The number of rotatable bonds is 7. The van der Waals surface area contributed by atoms with E-state index in [1.807, 2.05) is 30.3 Å². The molecule has 0 aliphatic carbocycles. The zero-order valence-electron chi connectivity index (χ0n) is 24.8. The third kappa shape index (κ3) is 6.20. The molecule has 0 radical (unpaired) electrons. The van der Waals surface area contributed by atoms with Crippen LogP contribution in [-0.2, 0) is 20.2 Å². The van der Waals surface area contributed by atoms with Crippen LogP contribution in [0.5, 0.6) is 0 Å². The average molecular weight is 671 g/mol. The topological polar surface area (TPSA) is 155 Å². The SMILES string of the molecule is O=S(=O)([O-])c1cccc2c1c(Nc1ccccc1)c(S(=O)(=O)[O-])c1c2nc2ccc(Nc3ccccc3)cc2[n+]1-c1ccccc1.[Na+]. The first-order chi connectivity index (χ1) is 22.1. The number of benzene rings is 6. The smallest absolute Gasteiger partial charge is 0.744 e. The molecule has 47 heavy (non-hydrogen) atoms. The molecule has 0 spiro atoms. The molecule has 6 aromatic carbocycles. The Morgan fingerprint density at radius 1 is 0.617 bits per heavy atom. The van der Waals surface area contributed by atoms with Crippen molar-refractivity contribution < 1.29 is 60.1 Å². The second kappa shape index (κ2) is 12.7. The maximum absolute atomic E-state index is 13.4. The van der Waals surface area contributed by atoms with Crippen molar-refractivity contribution in [3.05, 3.63) is 127 Å². The molecule has 0 aliphatic rings. The van der Waals surface area contributed by atoms with Gasteiger partial charge in [0.1, 0.15) is 31.3 Å². The fraction of sp³-hybridized carbons (Fsp3) is 0. The van der Waals surface area contributed by atoms with Crippen molar-refractivity contribution in [2.75, 3.05) is 10.6 Å². The summed E-state index contributed by atoms with van der Waals surface area (Å²) in [5.74, 6) is 0. The maximum Gasteiger partial charge on any atom is 1.00 e. The van der Waals surface area contributed by atoms with Gasteiger partial charge in [0.2, 0.25) is 11.2 Å². The van der Waals surface area contributed by atoms with Crippen molar-refractivity contribution >= 4 is 75.8 Å². The molecule has 228 valence electrons. The van der Waals surface area contributed by atoms with E-state index in [1.165, 1.54) is 6.07 Å². The first-order valence-electron chi connectivity index (χ1n) is 14.0. The van der Waals surface area contributed by atoms with Crippen LogP contribution in [0.1, 0.15) is 0 Å². The molecule has 0 saturated heterocycles. The molecule has 0 bridgehead atoms. The zero-order chi connectivity index (χ0) is 32.1. The third-order valence-corrected chi connectivity index (χ3v) is 9.29. The Bertz CT molecular complexity index is 2520. The summed E-state index contributed by atoms with van der Waals surface area (Å²) in [6, 6.07) is 36.0. The van der Waals surface area contributed by atoms with Crippen molar-refractivity contribution in [2.24, 2.45) is 0 Å². The molecule has 0 aliphatic heterocycles. The predicted octanol–water partition coefficient (Wildman–Crippen LogP) is 3.12. The fourth-order valence-corrected chi connectivity index (χ4v) is 7.20. The van der Waals surface area contributed by atoms with E-state index in [0.29, 0.717) is 28.1 Å². The molecule has 7 rings (SSSR count). The first kappa shape index (κ1) is 32.5. The standard InChI is InChI=1S/C34H24N4O6S2.Na/c39-45(40,41)29-18-10-17-26-30(29)32(36-23-13-6-2-7-14-23)34(46(42,43)44)33-31(26)37-27-20-19-24(35-22-11-4-1-5-12-22)21-28(27)38(33)25-15-8-3-9-16-25;/h1-21H,(H3,35,36,39,40,41,42,43,44);/q;+1/p-1. The van der Waals surface area contributed by atoms with Crippen LogP contribution in [0.2, 0.25) is 0 Å². The van der Waals surface area contributed by atoms with Gasteiger partial charge in [0.15, 0.2) is 4.90 Å². The van der Waals surface area contributed by atoms with E-state index in [2.05, 4.69) is 10.6 Å². The second-order valence-corrected chi connectivity index (χ2v) is 13.1. The van der Waals surface area contributed by atoms with Crippen molar-refractivity contribution in [2.45, 2.75) is 9.79 Å². The Kier molecular flexibility index (Phi) is 8.76. The molecule has 0 amide bonds. The van der Waals surface area contributed by atoms with E-state index in [4.69, 9.17) is 4.98 Å². The van der Waals surface area contributed by atoms with Gasteiger partial charge in [0, 0.05) is 46.0 Å². The van der Waals surface area contributed by atoms with Gasteiger partial charge >= 0.3 is 29.6 Å². The maximum atomic E-state index is 13.4. The summed E-state index contributed by atoms with van der Waals surface area (Å²) in [5.41, 5.74) is 2.83. The normalized spacial score (nSPS) is 11.8. The minimum absolute atomic E-state index is 0. The van der Waals surface area contributed by atoms with Crippen LogP contribution in [0.3, 0.4) is 0 Å². The number of fused-ring (bicyclic) bond motifs is 4. The number of hydrogen-bond acceptors (Lipinski definition) is 9. The summed E-state index contributed by atoms with van der Waals surface area (Å²) in [5, 5.41) is 6.20. The molecule has 1 heterocycles. The van der Waals surface area contributed by atoms with Gasteiger partial charge in [0.25, 0.3) is 5.52 Å². The number of anilines is 4. The van der Waals surface area contributed by atoms with E-state index < -0.39 is 30.0 Å². The van der Waals surface area contributed by atoms with E-state index in [0.717, 1.165) is 11.8 Å². The summed E-state index contributed by atoms with van der Waals surface area (Å²) in [4.78, 5) is 3.37. The van der Waals surface area contributed by atoms with Gasteiger partial charge in [-0.25, -0.2) is 21.8 Å². The van der Waals surface area contributed by atoms with Crippen LogP contribution in [0, 0.1) is 0 Å². The van der Waals surface area contributed by atoms with Crippen molar-refractivity contribution in [1.82, 2.24) is 4.98 Å². The van der Waals surface area contributed by atoms with Gasteiger partial charge in [-0.1, -0.05) is 66.7 Å². The predicted molar refractivity (Wildman–Crippen MR) is 174 cm³/mol. The summed E-state index contributed by atoms with van der Waals surface area (Å²) in [7, 11) is -10.5. The van der Waals surface area contributed by atoms with Crippen LogP contribution in [0.25, 0.3) is 38.5 Å². The summed E-state index contributed by atoms with van der Waals surface area (Å²) in [6.45, 7) is 0. The largest absolute Gasteiger partial charge is 1.00 e. The van der Waals surface area contributed by atoms with Crippen LogP contribution >= 0.6 is 0 Å². The summed E-state index contributed by atoms with van der Waals surface area (Å²) >= 11 is 0. The quantitative estimate of drug-likeness (QED) is 0.0856. The van der Waals surface area contributed by atoms with Crippen LogP contribution < -0.4 is 44.8 Å². The molecule has 0 unspecified atom stereocenters. The molecule has 1 aromatic heterocycles. The van der Waals surface area contributed by atoms with E-state index >= 15 is 0 Å². The van der Waals surface area contributed by atoms with Crippen molar-refractivity contribution in [3.63, 3.8) is 0 Å². The van der Waals surface area contributed by atoms with Crippen LogP contribution in [-0.4, -0.2) is 30.9 Å². The average Bonchev–Trinajstić information content (AvgIpc) is 3.04. The fourth-order valence-electron chi connectivity index (χ4n) is 5.66. The van der Waals surface area contributed by atoms with E-state index in [9.17, 15) is 25.9 Å².